The lowest BCUT2D eigenvalue weighted by molar-refractivity contribution is 0.0580. The molecule has 0 bridgehead atoms. The van der Waals surface area contributed by atoms with Crippen molar-refractivity contribution in [2.75, 3.05) is 0 Å². The van der Waals surface area contributed by atoms with E-state index in [4.69, 9.17) is 4.74 Å². The SMILES string of the molecule is CC1(c2nccc3[nH]cnc23)CC=CO1. The van der Waals surface area contributed by atoms with Crippen molar-refractivity contribution in [2.45, 2.75) is 18.9 Å². The average Bonchev–Trinajstić information content (AvgIpc) is 2.85. The molecule has 0 saturated heterocycles. The van der Waals surface area contributed by atoms with Gasteiger partial charge in [0.2, 0.25) is 0 Å². The van der Waals surface area contributed by atoms with Crippen molar-refractivity contribution >= 4 is 11.0 Å². The van der Waals surface area contributed by atoms with Crippen LogP contribution in [-0.2, 0) is 10.3 Å². The van der Waals surface area contributed by atoms with Crippen molar-refractivity contribution in [3.63, 3.8) is 0 Å². The summed E-state index contributed by atoms with van der Waals surface area (Å²) in [6, 6.07) is 1.91. The van der Waals surface area contributed by atoms with Gasteiger partial charge in [-0.15, -0.1) is 0 Å². The van der Waals surface area contributed by atoms with Crippen LogP contribution in [0.2, 0.25) is 0 Å². The molecule has 2 aromatic rings. The third-order valence-electron chi connectivity index (χ3n) is 2.77. The molecule has 2 aromatic heterocycles. The minimum absolute atomic E-state index is 0.366. The predicted molar refractivity (Wildman–Crippen MR) is 56.1 cm³/mol. The van der Waals surface area contributed by atoms with Gasteiger partial charge in [0.05, 0.1) is 18.1 Å². The highest BCUT2D eigenvalue weighted by Gasteiger charge is 2.33. The zero-order valence-corrected chi connectivity index (χ0v) is 8.40. The second-order valence-corrected chi connectivity index (χ2v) is 3.88. The first-order chi connectivity index (χ1) is 7.30. The lowest BCUT2D eigenvalue weighted by atomic mass is 9.97. The number of nitrogens with one attached hydrogen (secondary N) is 1. The largest absolute Gasteiger partial charge is 0.489 e. The van der Waals surface area contributed by atoms with Crippen molar-refractivity contribution in [3.8, 4) is 0 Å². The normalized spacial score (nSPS) is 24.6. The van der Waals surface area contributed by atoms with E-state index >= 15 is 0 Å². The van der Waals surface area contributed by atoms with Crippen molar-refractivity contribution in [3.05, 3.63) is 36.6 Å². The van der Waals surface area contributed by atoms with E-state index in [-0.39, 0.29) is 5.60 Å². The highest BCUT2D eigenvalue weighted by atomic mass is 16.5. The van der Waals surface area contributed by atoms with Crippen molar-refractivity contribution in [1.29, 1.82) is 0 Å². The number of hydrogen-bond acceptors (Lipinski definition) is 3. The molecule has 0 spiro atoms. The summed E-state index contributed by atoms with van der Waals surface area (Å²) in [4.78, 5) is 11.7. The van der Waals surface area contributed by atoms with Crippen molar-refractivity contribution in [2.24, 2.45) is 0 Å². The minimum Gasteiger partial charge on any atom is -0.489 e. The van der Waals surface area contributed by atoms with Gasteiger partial charge < -0.3 is 9.72 Å². The molecule has 1 atom stereocenters. The molecule has 0 amide bonds. The summed E-state index contributed by atoms with van der Waals surface area (Å²) in [6.07, 6.45) is 8.04. The summed E-state index contributed by atoms with van der Waals surface area (Å²) in [5, 5.41) is 0. The molecule has 3 rings (SSSR count). The number of aromatic amines is 1. The van der Waals surface area contributed by atoms with Crippen LogP contribution in [0, 0.1) is 0 Å². The predicted octanol–water partition coefficient (Wildman–Crippen LogP) is 2.11. The van der Waals surface area contributed by atoms with Crippen LogP contribution in [0.3, 0.4) is 0 Å². The lowest BCUT2D eigenvalue weighted by Crippen LogP contribution is -2.21. The number of H-pyrrole nitrogens is 1. The summed E-state index contributed by atoms with van der Waals surface area (Å²) >= 11 is 0. The van der Waals surface area contributed by atoms with Gasteiger partial charge in [0, 0.05) is 12.6 Å². The number of aromatic nitrogens is 3. The van der Waals surface area contributed by atoms with Crippen LogP contribution >= 0.6 is 0 Å². The topological polar surface area (TPSA) is 50.8 Å². The fraction of sp³-hybridized carbons (Fsp3) is 0.273. The van der Waals surface area contributed by atoms with E-state index in [9.17, 15) is 0 Å². The fourth-order valence-corrected chi connectivity index (χ4v) is 1.93. The van der Waals surface area contributed by atoms with E-state index < -0.39 is 0 Å². The molecule has 1 aliphatic heterocycles. The third-order valence-corrected chi connectivity index (χ3v) is 2.77. The van der Waals surface area contributed by atoms with Gasteiger partial charge in [-0.2, -0.15) is 0 Å². The Balaban J connectivity index is 2.22. The highest BCUT2D eigenvalue weighted by molar-refractivity contribution is 5.77. The van der Waals surface area contributed by atoms with Crippen LogP contribution < -0.4 is 0 Å². The molecule has 1 unspecified atom stereocenters. The molecular formula is C11H11N3O. The number of pyridine rings is 1. The van der Waals surface area contributed by atoms with Crippen molar-refractivity contribution in [1.82, 2.24) is 15.0 Å². The van der Waals surface area contributed by atoms with Crippen LogP contribution in [0.5, 0.6) is 0 Å². The van der Waals surface area contributed by atoms with Crippen molar-refractivity contribution < 1.29 is 4.74 Å². The van der Waals surface area contributed by atoms with E-state index in [0.29, 0.717) is 0 Å². The second kappa shape index (κ2) is 2.82. The zero-order valence-electron chi connectivity index (χ0n) is 8.40. The van der Waals surface area contributed by atoms with Crippen LogP contribution in [0.25, 0.3) is 11.0 Å². The Morgan fingerprint density at radius 3 is 3.20 bits per heavy atom. The molecule has 4 heteroatoms. The molecule has 0 fully saturated rings. The van der Waals surface area contributed by atoms with Crippen LogP contribution in [0.1, 0.15) is 19.0 Å². The van der Waals surface area contributed by atoms with Gasteiger partial charge in [0.25, 0.3) is 0 Å². The molecule has 0 radical (unpaired) electrons. The smallest absolute Gasteiger partial charge is 0.153 e. The van der Waals surface area contributed by atoms with E-state index in [1.165, 1.54) is 0 Å². The lowest BCUT2D eigenvalue weighted by Gasteiger charge is -2.22. The van der Waals surface area contributed by atoms with Gasteiger partial charge in [-0.1, -0.05) is 0 Å². The molecular weight excluding hydrogens is 190 g/mol. The van der Waals surface area contributed by atoms with Crippen LogP contribution in [0.15, 0.2) is 30.9 Å². The Bertz CT molecular complexity index is 521. The maximum atomic E-state index is 5.61. The Hall–Kier alpha value is -1.84. The number of rotatable bonds is 1. The monoisotopic (exact) mass is 201 g/mol. The fourth-order valence-electron chi connectivity index (χ4n) is 1.93. The molecule has 1 N–H and O–H groups in total. The number of fused-ring (bicyclic) bond motifs is 1. The standard InChI is InChI=1S/C11H11N3O/c1-11(4-2-6-15-11)10-9-8(3-5-12-10)13-7-14-9/h2-3,5-7H,4H2,1H3,(H,13,14). The van der Waals surface area contributed by atoms with Gasteiger partial charge in [0.1, 0.15) is 11.2 Å². The molecule has 4 nitrogen and oxygen atoms in total. The Morgan fingerprint density at radius 1 is 1.47 bits per heavy atom. The number of nitrogens with zero attached hydrogens (tertiary/aromatic N) is 2. The first kappa shape index (κ1) is 8.47. The van der Waals surface area contributed by atoms with Gasteiger partial charge in [-0.25, -0.2) is 4.98 Å². The second-order valence-electron chi connectivity index (χ2n) is 3.88. The third kappa shape index (κ3) is 1.14. The Kier molecular flexibility index (Phi) is 1.59. The van der Waals surface area contributed by atoms with Gasteiger partial charge >= 0.3 is 0 Å². The highest BCUT2D eigenvalue weighted by Crippen LogP contribution is 2.35. The zero-order chi connectivity index (χ0) is 10.3. The van der Waals surface area contributed by atoms with E-state index in [1.807, 2.05) is 19.1 Å². The first-order valence-corrected chi connectivity index (χ1v) is 4.91. The molecule has 1 aliphatic rings. The van der Waals surface area contributed by atoms with Gasteiger partial charge in [-0.3, -0.25) is 4.98 Å². The van der Waals surface area contributed by atoms with E-state index in [1.54, 1.807) is 18.8 Å². The average molecular weight is 201 g/mol. The maximum Gasteiger partial charge on any atom is 0.153 e. The van der Waals surface area contributed by atoms with Gasteiger partial charge in [0.15, 0.2) is 5.60 Å². The molecule has 0 aromatic carbocycles. The van der Waals surface area contributed by atoms with Gasteiger partial charge in [-0.05, 0) is 19.1 Å². The number of hydrogen-bond donors (Lipinski definition) is 1. The maximum absolute atomic E-state index is 5.61. The summed E-state index contributed by atoms with van der Waals surface area (Å²) < 4.78 is 5.61. The van der Waals surface area contributed by atoms with E-state index in [0.717, 1.165) is 23.1 Å². The number of ether oxygens (including phenoxy) is 1. The molecule has 15 heavy (non-hydrogen) atoms. The summed E-state index contributed by atoms with van der Waals surface area (Å²) in [5.41, 5.74) is 2.42. The summed E-state index contributed by atoms with van der Waals surface area (Å²) in [7, 11) is 0. The molecule has 0 saturated carbocycles. The Labute approximate surface area is 87.0 Å². The molecule has 3 heterocycles. The first-order valence-electron chi connectivity index (χ1n) is 4.91. The molecule has 0 aliphatic carbocycles. The van der Waals surface area contributed by atoms with Crippen LogP contribution in [-0.4, -0.2) is 15.0 Å². The quantitative estimate of drug-likeness (QED) is 0.768. The minimum atomic E-state index is -0.366. The summed E-state index contributed by atoms with van der Waals surface area (Å²) in [5.74, 6) is 0. The van der Waals surface area contributed by atoms with E-state index in [2.05, 4.69) is 15.0 Å². The number of imidazole rings is 1. The molecule has 76 valence electrons. The summed E-state index contributed by atoms with van der Waals surface area (Å²) in [6.45, 7) is 2.03. The van der Waals surface area contributed by atoms with Crippen LogP contribution in [0.4, 0.5) is 0 Å². The Morgan fingerprint density at radius 2 is 2.40 bits per heavy atom.